The van der Waals surface area contributed by atoms with Crippen molar-refractivity contribution in [3.05, 3.63) is 33.6 Å². The van der Waals surface area contributed by atoms with Gasteiger partial charge in [-0.25, -0.2) is 4.39 Å². The Hall–Kier alpha value is -0.560. The molecular weight excluding hydrogens is 319 g/mol. The van der Waals surface area contributed by atoms with E-state index in [0.29, 0.717) is 13.1 Å². The highest BCUT2D eigenvalue weighted by molar-refractivity contribution is 6.42. The Kier molecular flexibility index (Phi) is 4.79. The summed E-state index contributed by atoms with van der Waals surface area (Å²) in [5.41, 5.74) is -0.603. The molecular formula is C12H12Cl2F4N2. The van der Waals surface area contributed by atoms with Crippen molar-refractivity contribution in [2.75, 3.05) is 26.2 Å². The molecule has 0 spiro atoms. The van der Waals surface area contributed by atoms with Crippen molar-refractivity contribution in [3.63, 3.8) is 0 Å². The summed E-state index contributed by atoms with van der Waals surface area (Å²) in [7, 11) is 0. The molecule has 0 aromatic heterocycles. The van der Waals surface area contributed by atoms with Gasteiger partial charge in [0, 0.05) is 31.7 Å². The molecule has 1 N–H and O–H groups in total. The summed E-state index contributed by atoms with van der Waals surface area (Å²) in [5, 5.41) is 2.48. The van der Waals surface area contributed by atoms with Gasteiger partial charge in [0.2, 0.25) is 0 Å². The summed E-state index contributed by atoms with van der Waals surface area (Å²) in [5.74, 6) is -1.000. The number of nitrogens with zero attached hydrogens (tertiary/aromatic N) is 1. The van der Waals surface area contributed by atoms with Gasteiger partial charge in [-0.1, -0.05) is 23.2 Å². The molecule has 1 aliphatic heterocycles. The van der Waals surface area contributed by atoms with Crippen LogP contribution in [-0.4, -0.2) is 37.3 Å². The summed E-state index contributed by atoms with van der Waals surface area (Å²) < 4.78 is 53.9. The zero-order chi connectivity index (χ0) is 14.9. The van der Waals surface area contributed by atoms with E-state index in [1.807, 2.05) is 0 Å². The second kappa shape index (κ2) is 6.05. The molecule has 0 saturated carbocycles. The number of rotatable bonds is 2. The first kappa shape index (κ1) is 15.8. The monoisotopic (exact) mass is 330 g/mol. The highest BCUT2D eigenvalue weighted by atomic mass is 35.5. The third-order valence-corrected chi connectivity index (χ3v) is 4.00. The molecule has 2 rings (SSSR count). The summed E-state index contributed by atoms with van der Waals surface area (Å²) in [6.07, 6.45) is -4.63. The van der Waals surface area contributed by atoms with Gasteiger partial charge >= 0.3 is 6.18 Å². The number of hydrogen-bond acceptors (Lipinski definition) is 2. The summed E-state index contributed by atoms with van der Waals surface area (Å²) >= 11 is 11.5. The maximum Gasteiger partial charge on any atom is 0.408 e. The highest BCUT2D eigenvalue weighted by Gasteiger charge is 2.47. The standard InChI is InChI=1S/C12H12Cl2F4N2/c13-7-1-2-8(15)9(10(7)14)11(12(16,17)18)20-5-3-19-4-6-20/h1-2,11,19H,3-6H2/t11-/m1/s1. The van der Waals surface area contributed by atoms with Crippen LogP contribution in [0.3, 0.4) is 0 Å². The van der Waals surface area contributed by atoms with Crippen LogP contribution >= 0.6 is 23.2 Å². The van der Waals surface area contributed by atoms with Crippen LogP contribution in [0, 0.1) is 5.82 Å². The van der Waals surface area contributed by atoms with Crippen LogP contribution < -0.4 is 5.32 Å². The minimum absolute atomic E-state index is 0.0903. The number of halogens is 6. The molecule has 0 aliphatic carbocycles. The third kappa shape index (κ3) is 3.19. The van der Waals surface area contributed by atoms with E-state index in [2.05, 4.69) is 5.32 Å². The van der Waals surface area contributed by atoms with Gasteiger partial charge < -0.3 is 5.32 Å². The lowest BCUT2D eigenvalue weighted by atomic mass is 10.0. The van der Waals surface area contributed by atoms with Crippen LogP contribution in [0.15, 0.2) is 12.1 Å². The fourth-order valence-electron chi connectivity index (χ4n) is 2.29. The quantitative estimate of drug-likeness (QED) is 0.658. The van der Waals surface area contributed by atoms with Crippen LogP contribution in [0.2, 0.25) is 10.0 Å². The van der Waals surface area contributed by atoms with E-state index in [1.54, 1.807) is 0 Å². The first-order chi connectivity index (χ1) is 9.32. The van der Waals surface area contributed by atoms with E-state index >= 15 is 0 Å². The first-order valence-electron chi connectivity index (χ1n) is 5.97. The molecule has 1 aliphatic rings. The van der Waals surface area contributed by atoms with Crippen molar-refractivity contribution >= 4 is 23.2 Å². The van der Waals surface area contributed by atoms with Gasteiger partial charge in [-0.05, 0) is 12.1 Å². The molecule has 0 bridgehead atoms. The largest absolute Gasteiger partial charge is 0.408 e. The predicted molar refractivity (Wildman–Crippen MR) is 69.7 cm³/mol. The fraction of sp³-hybridized carbons (Fsp3) is 0.500. The van der Waals surface area contributed by atoms with Gasteiger partial charge in [-0.2, -0.15) is 13.2 Å². The molecule has 1 heterocycles. The van der Waals surface area contributed by atoms with E-state index in [-0.39, 0.29) is 23.1 Å². The molecule has 1 fully saturated rings. The zero-order valence-corrected chi connectivity index (χ0v) is 11.8. The number of alkyl halides is 3. The van der Waals surface area contributed by atoms with E-state index in [4.69, 9.17) is 23.2 Å². The molecule has 1 aromatic carbocycles. The second-order valence-electron chi connectivity index (χ2n) is 4.49. The molecule has 0 unspecified atom stereocenters. The zero-order valence-electron chi connectivity index (χ0n) is 10.3. The molecule has 2 nitrogen and oxygen atoms in total. The number of nitrogens with one attached hydrogen (secondary N) is 1. The minimum Gasteiger partial charge on any atom is -0.314 e. The van der Waals surface area contributed by atoms with Crippen molar-refractivity contribution in [1.29, 1.82) is 0 Å². The fourth-order valence-corrected chi connectivity index (χ4v) is 2.71. The molecule has 8 heteroatoms. The van der Waals surface area contributed by atoms with Crippen molar-refractivity contribution in [3.8, 4) is 0 Å². The van der Waals surface area contributed by atoms with Crippen molar-refractivity contribution < 1.29 is 17.6 Å². The van der Waals surface area contributed by atoms with Gasteiger partial charge in [0.1, 0.15) is 11.9 Å². The average Bonchev–Trinajstić information content (AvgIpc) is 2.39. The van der Waals surface area contributed by atoms with Gasteiger partial charge in [-0.3, -0.25) is 4.90 Å². The van der Waals surface area contributed by atoms with Crippen molar-refractivity contribution in [2.45, 2.75) is 12.2 Å². The maximum atomic E-state index is 13.9. The third-order valence-electron chi connectivity index (χ3n) is 3.18. The Morgan fingerprint density at radius 3 is 2.30 bits per heavy atom. The van der Waals surface area contributed by atoms with Crippen LogP contribution in [0.4, 0.5) is 17.6 Å². The smallest absolute Gasteiger partial charge is 0.314 e. The van der Waals surface area contributed by atoms with Crippen molar-refractivity contribution in [2.24, 2.45) is 0 Å². The Morgan fingerprint density at radius 2 is 1.75 bits per heavy atom. The van der Waals surface area contributed by atoms with Gasteiger partial charge in [0.05, 0.1) is 10.0 Å². The number of piperazine rings is 1. The molecule has 1 aromatic rings. The number of hydrogen-bond donors (Lipinski definition) is 1. The van der Waals surface area contributed by atoms with E-state index < -0.39 is 23.6 Å². The SMILES string of the molecule is Fc1ccc(Cl)c(Cl)c1[C@@H](N1CCNCC1)C(F)(F)F. The molecule has 0 radical (unpaired) electrons. The minimum atomic E-state index is -4.63. The van der Waals surface area contributed by atoms with Crippen molar-refractivity contribution in [1.82, 2.24) is 10.2 Å². The predicted octanol–water partition coefficient (Wildman–Crippen LogP) is 3.64. The van der Waals surface area contributed by atoms with Crippen LogP contribution in [0.5, 0.6) is 0 Å². The Balaban J connectivity index is 2.49. The number of benzene rings is 1. The van der Waals surface area contributed by atoms with E-state index in [1.165, 1.54) is 0 Å². The normalized spacial score (nSPS) is 19.1. The summed E-state index contributed by atoms with van der Waals surface area (Å²) in [4.78, 5) is 1.16. The van der Waals surface area contributed by atoms with Gasteiger partial charge in [0.15, 0.2) is 0 Å². The lowest BCUT2D eigenvalue weighted by Crippen LogP contribution is -2.49. The topological polar surface area (TPSA) is 15.3 Å². The summed E-state index contributed by atoms with van der Waals surface area (Å²) in [6.45, 7) is 1.14. The maximum absolute atomic E-state index is 13.9. The van der Waals surface area contributed by atoms with E-state index in [9.17, 15) is 17.6 Å². The second-order valence-corrected chi connectivity index (χ2v) is 5.27. The Morgan fingerprint density at radius 1 is 1.15 bits per heavy atom. The lowest BCUT2D eigenvalue weighted by Gasteiger charge is -2.36. The molecule has 0 amide bonds. The Bertz CT molecular complexity index is 487. The van der Waals surface area contributed by atoms with Crippen LogP contribution in [-0.2, 0) is 0 Å². The average molecular weight is 331 g/mol. The summed E-state index contributed by atoms with van der Waals surface area (Å²) in [6, 6.07) is -0.0333. The lowest BCUT2D eigenvalue weighted by molar-refractivity contribution is -0.188. The molecule has 112 valence electrons. The molecule has 20 heavy (non-hydrogen) atoms. The first-order valence-corrected chi connectivity index (χ1v) is 6.73. The van der Waals surface area contributed by atoms with E-state index in [0.717, 1.165) is 17.0 Å². The van der Waals surface area contributed by atoms with Gasteiger partial charge in [-0.15, -0.1) is 0 Å². The Labute approximate surface area is 123 Å². The highest BCUT2D eigenvalue weighted by Crippen LogP contribution is 2.43. The van der Waals surface area contributed by atoms with Crippen LogP contribution in [0.25, 0.3) is 0 Å². The van der Waals surface area contributed by atoms with Crippen LogP contribution in [0.1, 0.15) is 11.6 Å². The molecule has 1 atom stereocenters. The molecule has 1 saturated heterocycles. The van der Waals surface area contributed by atoms with Gasteiger partial charge in [0.25, 0.3) is 0 Å².